The lowest BCUT2D eigenvalue weighted by molar-refractivity contribution is -0.384. The van der Waals surface area contributed by atoms with Crippen LogP contribution in [0.15, 0.2) is 30.5 Å². The van der Waals surface area contributed by atoms with Crippen LogP contribution < -0.4 is 5.32 Å². The molecule has 1 heterocycles. The number of rotatable bonds is 4. The number of carboxylic acid groups (broad SMARTS) is 1. The third kappa shape index (κ3) is 3.37. The van der Waals surface area contributed by atoms with Gasteiger partial charge < -0.3 is 15.4 Å². The molecule has 0 unspecified atom stereocenters. The standard InChI is InChI=1S/C12H8ClN3O5/c13-7-1-6(12(18)19)2-8(3-7)15-11(17)10-4-9(5-14-10)16(20)21/h1-5,14H,(H,15,17)(H,18,19). The van der Waals surface area contributed by atoms with E-state index in [4.69, 9.17) is 16.7 Å². The average Bonchev–Trinajstić information content (AvgIpc) is 2.87. The van der Waals surface area contributed by atoms with E-state index in [1.165, 1.54) is 18.2 Å². The molecule has 0 spiro atoms. The second kappa shape index (κ2) is 5.63. The zero-order chi connectivity index (χ0) is 15.6. The number of aromatic nitrogens is 1. The highest BCUT2D eigenvalue weighted by Gasteiger charge is 2.15. The molecule has 0 saturated carbocycles. The number of carbonyl (C=O) groups is 2. The van der Waals surface area contributed by atoms with E-state index >= 15 is 0 Å². The fourth-order valence-electron chi connectivity index (χ4n) is 1.60. The van der Waals surface area contributed by atoms with Crippen molar-refractivity contribution in [3.63, 3.8) is 0 Å². The summed E-state index contributed by atoms with van der Waals surface area (Å²) in [4.78, 5) is 35.1. The van der Waals surface area contributed by atoms with Crippen molar-refractivity contribution in [1.82, 2.24) is 4.98 Å². The SMILES string of the molecule is O=C(O)c1cc(Cl)cc(NC(=O)c2cc([N+](=O)[O-])c[nH]2)c1. The van der Waals surface area contributed by atoms with E-state index in [1.807, 2.05) is 0 Å². The molecule has 108 valence electrons. The third-order valence-electron chi connectivity index (χ3n) is 2.53. The number of halogens is 1. The summed E-state index contributed by atoms with van der Waals surface area (Å²) < 4.78 is 0. The van der Waals surface area contributed by atoms with E-state index in [9.17, 15) is 19.7 Å². The fraction of sp³-hybridized carbons (Fsp3) is 0. The Morgan fingerprint density at radius 3 is 2.57 bits per heavy atom. The first kappa shape index (κ1) is 14.5. The second-order valence-corrected chi connectivity index (χ2v) is 4.45. The maximum Gasteiger partial charge on any atom is 0.335 e. The zero-order valence-electron chi connectivity index (χ0n) is 10.3. The van der Waals surface area contributed by atoms with E-state index < -0.39 is 16.8 Å². The molecule has 1 aromatic carbocycles. The van der Waals surface area contributed by atoms with Gasteiger partial charge in [-0.05, 0) is 18.2 Å². The molecule has 0 radical (unpaired) electrons. The highest BCUT2D eigenvalue weighted by Crippen LogP contribution is 2.20. The number of hydrogen-bond donors (Lipinski definition) is 3. The van der Waals surface area contributed by atoms with Crippen LogP contribution in [0.25, 0.3) is 0 Å². The Kier molecular flexibility index (Phi) is 3.90. The van der Waals surface area contributed by atoms with Crippen molar-refractivity contribution in [3.8, 4) is 0 Å². The number of hydrogen-bond acceptors (Lipinski definition) is 4. The van der Waals surface area contributed by atoms with Gasteiger partial charge in [0.2, 0.25) is 0 Å². The predicted octanol–water partition coefficient (Wildman–Crippen LogP) is 2.53. The van der Waals surface area contributed by atoms with Gasteiger partial charge in [-0.2, -0.15) is 0 Å². The number of nitro groups is 1. The van der Waals surface area contributed by atoms with Gasteiger partial charge >= 0.3 is 5.97 Å². The molecule has 0 saturated heterocycles. The van der Waals surface area contributed by atoms with Crippen molar-refractivity contribution in [2.24, 2.45) is 0 Å². The second-order valence-electron chi connectivity index (χ2n) is 4.02. The first-order chi connectivity index (χ1) is 9.86. The number of anilines is 1. The van der Waals surface area contributed by atoms with Crippen LogP contribution in [-0.2, 0) is 0 Å². The number of benzene rings is 1. The molecule has 2 aromatic rings. The Balaban J connectivity index is 2.22. The lowest BCUT2D eigenvalue weighted by Gasteiger charge is -2.05. The van der Waals surface area contributed by atoms with Crippen molar-refractivity contribution in [3.05, 3.63) is 56.9 Å². The average molecular weight is 310 g/mol. The quantitative estimate of drug-likeness (QED) is 0.591. The summed E-state index contributed by atoms with van der Waals surface area (Å²) in [6.07, 6.45) is 1.08. The number of nitrogens with one attached hydrogen (secondary N) is 2. The Hall–Kier alpha value is -2.87. The normalized spacial score (nSPS) is 10.1. The maximum atomic E-state index is 11.9. The summed E-state index contributed by atoms with van der Waals surface area (Å²) in [6.45, 7) is 0. The zero-order valence-corrected chi connectivity index (χ0v) is 11.0. The molecule has 0 aliphatic heterocycles. The van der Waals surface area contributed by atoms with Gasteiger partial charge in [-0.25, -0.2) is 4.79 Å². The largest absolute Gasteiger partial charge is 0.478 e. The Morgan fingerprint density at radius 2 is 2.00 bits per heavy atom. The summed E-state index contributed by atoms with van der Waals surface area (Å²) in [5, 5.41) is 22.0. The molecule has 0 aliphatic carbocycles. The summed E-state index contributed by atoms with van der Waals surface area (Å²) in [5.41, 5.74) is -0.201. The minimum Gasteiger partial charge on any atom is -0.478 e. The van der Waals surface area contributed by atoms with Crippen LogP contribution in [0.3, 0.4) is 0 Å². The van der Waals surface area contributed by atoms with Gasteiger partial charge in [-0.15, -0.1) is 0 Å². The van der Waals surface area contributed by atoms with E-state index in [2.05, 4.69) is 10.3 Å². The van der Waals surface area contributed by atoms with E-state index in [0.717, 1.165) is 12.3 Å². The van der Waals surface area contributed by atoms with Gasteiger partial charge in [-0.1, -0.05) is 11.6 Å². The van der Waals surface area contributed by atoms with Crippen LogP contribution in [0.5, 0.6) is 0 Å². The Bertz CT molecular complexity index is 740. The van der Waals surface area contributed by atoms with Crippen molar-refractivity contribution in [2.75, 3.05) is 5.32 Å². The van der Waals surface area contributed by atoms with Crippen molar-refractivity contribution < 1.29 is 19.6 Å². The number of aromatic carboxylic acids is 1. The highest BCUT2D eigenvalue weighted by atomic mass is 35.5. The summed E-state index contributed by atoms with van der Waals surface area (Å²) in [5.74, 6) is -1.84. The van der Waals surface area contributed by atoms with Gasteiger partial charge in [0.1, 0.15) is 5.69 Å². The van der Waals surface area contributed by atoms with Gasteiger partial charge in [0, 0.05) is 16.8 Å². The molecule has 8 nitrogen and oxygen atoms in total. The lowest BCUT2D eigenvalue weighted by atomic mass is 10.2. The molecule has 0 aliphatic rings. The molecular formula is C12H8ClN3O5. The smallest absolute Gasteiger partial charge is 0.335 e. The molecule has 2 rings (SSSR count). The molecular weight excluding hydrogens is 302 g/mol. The molecule has 1 amide bonds. The van der Waals surface area contributed by atoms with Crippen molar-refractivity contribution >= 4 is 34.9 Å². The molecule has 3 N–H and O–H groups in total. The van der Waals surface area contributed by atoms with Crippen LogP contribution in [-0.4, -0.2) is 26.9 Å². The maximum absolute atomic E-state index is 11.9. The van der Waals surface area contributed by atoms with E-state index in [1.54, 1.807) is 0 Å². The first-order valence-corrected chi connectivity index (χ1v) is 5.92. The number of amides is 1. The Morgan fingerprint density at radius 1 is 1.29 bits per heavy atom. The lowest BCUT2D eigenvalue weighted by Crippen LogP contribution is -2.12. The molecule has 0 fully saturated rings. The molecule has 0 atom stereocenters. The highest BCUT2D eigenvalue weighted by molar-refractivity contribution is 6.31. The Labute approximate surface area is 122 Å². The topological polar surface area (TPSA) is 125 Å². The number of H-pyrrole nitrogens is 1. The van der Waals surface area contributed by atoms with E-state index in [-0.39, 0.29) is 27.7 Å². The van der Waals surface area contributed by atoms with E-state index in [0.29, 0.717) is 0 Å². The third-order valence-corrected chi connectivity index (χ3v) is 2.74. The molecule has 9 heteroatoms. The monoisotopic (exact) mass is 309 g/mol. The minimum atomic E-state index is -1.19. The number of carbonyl (C=O) groups excluding carboxylic acids is 1. The summed E-state index contributed by atoms with van der Waals surface area (Å²) in [6, 6.07) is 4.89. The molecule has 21 heavy (non-hydrogen) atoms. The van der Waals surface area contributed by atoms with Crippen LogP contribution in [0, 0.1) is 10.1 Å². The summed E-state index contributed by atoms with van der Waals surface area (Å²) in [7, 11) is 0. The predicted molar refractivity (Wildman–Crippen MR) is 73.8 cm³/mol. The summed E-state index contributed by atoms with van der Waals surface area (Å²) >= 11 is 5.76. The number of carboxylic acids is 1. The number of aromatic amines is 1. The van der Waals surface area contributed by atoms with Crippen LogP contribution in [0.2, 0.25) is 5.02 Å². The molecule has 1 aromatic heterocycles. The van der Waals surface area contributed by atoms with Gasteiger partial charge in [0.15, 0.2) is 0 Å². The number of nitrogens with zero attached hydrogens (tertiary/aromatic N) is 1. The van der Waals surface area contributed by atoms with Crippen molar-refractivity contribution in [1.29, 1.82) is 0 Å². The van der Waals surface area contributed by atoms with Crippen LogP contribution in [0.1, 0.15) is 20.8 Å². The fourth-order valence-corrected chi connectivity index (χ4v) is 1.84. The minimum absolute atomic E-state index is 0.0291. The van der Waals surface area contributed by atoms with Gasteiger partial charge in [0.05, 0.1) is 16.7 Å². The van der Waals surface area contributed by atoms with Crippen LogP contribution in [0.4, 0.5) is 11.4 Å². The molecule has 0 bridgehead atoms. The first-order valence-electron chi connectivity index (χ1n) is 5.55. The van der Waals surface area contributed by atoms with Gasteiger partial charge in [0.25, 0.3) is 11.6 Å². The van der Waals surface area contributed by atoms with Crippen molar-refractivity contribution in [2.45, 2.75) is 0 Å². The van der Waals surface area contributed by atoms with Gasteiger partial charge in [-0.3, -0.25) is 14.9 Å². The van der Waals surface area contributed by atoms with Crippen LogP contribution >= 0.6 is 11.6 Å².